The van der Waals surface area contributed by atoms with E-state index in [0.29, 0.717) is 23.7 Å². The molecule has 1 N–H and O–H groups in total. The Bertz CT molecular complexity index is 613. The van der Waals surface area contributed by atoms with Gasteiger partial charge in [0.15, 0.2) is 0 Å². The van der Waals surface area contributed by atoms with E-state index in [9.17, 15) is 14.9 Å². The summed E-state index contributed by atoms with van der Waals surface area (Å²) in [6.07, 6.45) is 0.972. The van der Waals surface area contributed by atoms with Gasteiger partial charge < -0.3 is 10.2 Å². The number of nitrogens with zero attached hydrogens (tertiary/aromatic N) is 3. The third-order valence-corrected chi connectivity index (χ3v) is 4.85. The molecule has 2 fully saturated rings. The van der Waals surface area contributed by atoms with Crippen LogP contribution >= 0.6 is 0 Å². The summed E-state index contributed by atoms with van der Waals surface area (Å²) in [7, 11) is 0. The summed E-state index contributed by atoms with van der Waals surface area (Å²) in [6.45, 7) is 7.10. The van der Waals surface area contributed by atoms with Crippen molar-refractivity contribution < 1.29 is 9.72 Å². The molecule has 1 amide bonds. The predicted molar refractivity (Wildman–Crippen MR) is 86.6 cm³/mol. The van der Waals surface area contributed by atoms with E-state index in [-0.39, 0.29) is 11.6 Å². The third kappa shape index (κ3) is 3.20. The zero-order valence-corrected chi connectivity index (χ0v) is 13.3. The van der Waals surface area contributed by atoms with Crippen molar-refractivity contribution in [2.24, 2.45) is 0 Å². The van der Waals surface area contributed by atoms with Gasteiger partial charge in [0.05, 0.1) is 4.92 Å². The van der Waals surface area contributed by atoms with Gasteiger partial charge in [0.2, 0.25) is 0 Å². The Morgan fingerprint density at radius 3 is 2.74 bits per heavy atom. The number of nitrogens with one attached hydrogen (secondary N) is 1. The van der Waals surface area contributed by atoms with Gasteiger partial charge in [0, 0.05) is 62.5 Å². The fourth-order valence-corrected chi connectivity index (χ4v) is 3.49. The highest BCUT2D eigenvalue weighted by molar-refractivity contribution is 5.96. The molecule has 7 nitrogen and oxygen atoms in total. The molecular weight excluding hydrogens is 296 g/mol. The van der Waals surface area contributed by atoms with E-state index in [2.05, 4.69) is 10.2 Å². The lowest BCUT2D eigenvalue weighted by molar-refractivity contribution is -0.385. The van der Waals surface area contributed by atoms with Crippen LogP contribution in [0.3, 0.4) is 0 Å². The maximum Gasteiger partial charge on any atom is 0.273 e. The molecule has 0 radical (unpaired) electrons. The summed E-state index contributed by atoms with van der Waals surface area (Å²) < 4.78 is 0. The van der Waals surface area contributed by atoms with Gasteiger partial charge in [-0.3, -0.25) is 19.8 Å². The number of benzene rings is 1. The van der Waals surface area contributed by atoms with Crippen molar-refractivity contribution in [2.45, 2.75) is 19.4 Å². The monoisotopic (exact) mass is 318 g/mol. The molecule has 2 heterocycles. The topological polar surface area (TPSA) is 78.7 Å². The maximum atomic E-state index is 12.7. The minimum absolute atomic E-state index is 0.00806. The SMILES string of the molecule is Cc1c(C(=O)N2CCC(N3CCNCC3)C2)cccc1[N+](=O)[O-]. The van der Waals surface area contributed by atoms with Crippen molar-refractivity contribution in [2.75, 3.05) is 39.3 Å². The van der Waals surface area contributed by atoms with Crippen molar-refractivity contribution in [1.82, 2.24) is 15.1 Å². The Hall–Kier alpha value is -1.99. The van der Waals surface area contributed by atoms with Gasteiger partial charge in [-0.1, -0.05) is 6.07 Å². The van der Waals surface area contributed by atoms with Crippen LogP contribution in [0.4, 0.5) is 5.69 Å². The highest BCUT2D eigenvalue weighted by Gasteiger charge is 2.32. The number of carbonyl (C=O) groups excluding carboxylic acids is 1. The molecule has 1 aromatic rings. The lowest BCUT2D eigenvalue weighted by Gasteiger charge is -2.32. The van der Waals surface area contributed by atoms with Crippen LogP contribution in [0.5, 0.6) is 0 Å². The molecule has 3 rings (SSSR count). The minimum atomic E-state index is -0.431. The number of hydrogen-bond donors (Lipinski definition) is 1. The smallest absolute Gasteiger partial charge is 0.273 e. The summed E-state index contributed by atoms with van der Waals surface area (Å²) in [5.41, 5.74) is 0.905. The van der Waals surface area contributed by atoms with Crippen LogP contribution in [0.1, 0.15) is 22.3 Å². The van der Waals surface area contributed by atoms with E-state index in [4.69, 9.17) is 0 Å². The summed E-state index contributed by atoms with van der Waals surface area (Å²) >= 11 is 0. The van der Waals surface area contributed by atoms with Gasteiger partial charge >= 0.3 is 0 Å². The molecule has 1 atom stereocenters. The van der Waals surface area contributed by atoms with E-state index in [0.717, 1.165) is 39.1 Å². The number of piperazine rings is 1. The average Bonchev–Trinajstić information content (AvgIpc) is 3.05. The van der Waals surface area contributed by atoms with Gasteiger partial charge in [0.1, 0.15) is 0 Å². The highest BCUT2D eigenvalue weighted by atomic mass is 16.6. The standard InChI is InChI=1S/C16H22N4O3/c1-12-14(3-2-4-15(12)20(22)23)16(21)19-8-5-13(11-19)18-9-6-17-7-10-18/h2-4,13,17H,5-11H2,1H3. The fourth-order valence-electron chi connectivity index (χ4n) is 3.49. The van der Waals surface area contributed by atoms with Gasteiger partial charge in [-0.2, -0.15) is 0 Å². The van der Waals surface area contributed by atoms with Gasteiger partial charge in [-0.15, -0.1) is 0 Å². The van der Waals surface area contributed by atoms with E-state index in [1.165, 1.54) is 6.07 Å². The lowest BCUT2D eigenvalue weighted by atomic mass is 10.1. The van der Waals surface area contributed by atoms with E-state index >= 15 is 0 Å². The zero-order chi connectivity index (χ0) is 16.4. The van der Waals surface area contributed by atoms with Crippen molar-refractivity contribution in [1.29, 1.82) is 0 Å². The Balaban J connectivity index is 1.72. The van der Waals surface area contributed by atoms with Crippen LogP contribution in [-0.4, -0.2) is 65.9 Å². The highest BCUT2D eigenvalue weighted by Crippen LogP contribution is 2.24. The summed E-state index contributed by atoms with van der Waals surface area (Å²) in [5.74, 6) is -0.0937. The zero-order valence-electron chi connectivity index (χ0n) is 13.3. The lowest BCUT2D eigenvalue weighted by Crippen LogP contribution is -2.49. The van der Waals surface area contributed by atoms with Crippen molar-refractivity contribution >= 4 is 11.6 Å². The maximum absolute atomic E-state index is 12.7. The van der Waals surface area contributed by atoms with E-state index < -0.39 is 4.92 Å². The summed E-state index contributed by atoms with van der Waals surface area (Å²) in [5, 5.41) is 14.4. The molecule has 2 aliphatic rings. The largest absolute Gasteiger partial charge is 0.337 e. The quantitative estimate of drug-likeness (QED) is 0.665. The number of rotatable bonds is 3. The van der Waals surface area contributed by atoms with Gasteiger partial charge in [0.25, 0.3) is 11.6 Å². The fraction of sp³-hybridized carbons (Fsp3) is 0.562. The van der Waals surface area contributed by atoms with Crippen molar-refractivity contribution in [3.8, 4) is 0 Å². The first-order valence-electron chi connectivity index (χ1n) is 8.06. The molecule has 0 aromatic heterocycles. The molecule has 0 bridgehead atoms. The van der Waals surface area contributed by atoms with E-state index in [1.807, 2.05) is 4.90 Å². The molecule has 0 aliphatic carbocycles. The van der Waals surface area contributed by atoms with Crippen LogP contribution in [-0.2, 0) is 0 Å². The third-order valence-electron chi connectivity index (χ3n) is 4.85. The van der Waals surface area contributed by atoms with Gasteiger partial charge in [-0.05, 0) is 19.4 Å². The van der Waals surface area contributed by atoms with Crippen molar-refractivity contribution in [3.05, 3.63) is 39.4 Å². The number of likely N-dealkylation sites (tertiary alicyclic amines) is 1. The second kappa shape index (κ2) is 6.64. The Kier molecular flexibility index (Phi) is 4.58. The number of nitro groups is 1. The molecule has 0 saturated carbocycles. The molecule has 2 aliphatic heterocycles. The number of amides is 1. The minimum Gasteiger partial charge on any atom is -0.337 e. The number of hydrogen-bond acceptors (Lipinski definition) is 5. The summed E-state index contributed by atoms with van der Waals surface area (Å²) in [6, 6.07) is 5.12. The molecule has 1 aromatic carbocycles. The molecule has 7 heteroatoms. The molecule has 0 spiro atoms. The molecule has 124 valence electrons. The predicted octanol–water partition coefficient (Wildman–Crippen LogP) is 1.02. The first-order valence-corrected chi connectivity index (χ1v) is 8.06. The molecule has 2 saturated heterocycles. The summed E-state index contributed by atoms with van der Waals surface area (Å²) in [4.78, 5) is 27.6. The van der Waals surface area contributed by atoms with E-state index in [1.54, 1.807) is 19.1 Å². The Morgan fingerprint density at radius 1 is 1.30 bits per heavy atom. The Labute approximate surface area is 135 Å². The first kappa shape index (κ1) is 15.9. The molecular formula is C16H22N4O3. The van der Waals surface area contributed by atoms with Crippen molar-refractivity contribution in [3.63, 3.8) is 0 Å². The van der Waals surface area contributed by atoms with Crippen LogP contribution in [0.2, 0.25) is 0 Å². The first-order chi connectivity index (χ1) is 11.1. The normalized spacial score (nSPS) is 22.3. The van der Waals surface area contributed by atoms with Crippen LogP contribution in [0.15, 0.2) is 18.2 Å². The molecule has 23 heavy (non-hydrogen) atoms. The van der Waals surface area contributed by atoms with Crippen LogP contribution < -0.4 is 5.32 Å². The van der Waals surface area contributed by atoms with Crippen LogP contribution in [0, 0.1) is 17.0 Å². The van der Waals surface area contributed by atoms with Crippen LogP contribution in [0.25, 0.3) is 0 Å². The van der Waals surface area contributed by atoms with Gasteiger partial charge in [-0.25, -0.2) is 0 Å². The number of carbonyl (C=O) groups is 1. The Morgan fingerprint density at radius 2 is 2.04 bits per heavy atom. The second-order valence-electron chi connectivity index (χ2n) is 6.19. The second-order valence-corrected chi connectivity index (χ2v) is 6.19. The average molecular weight is 318 g/mol. The molecule has 1 unspecified atom stereocenters. The number of nitro benzene ring substituents is 1.